The molecular weight excluding hydrogens is 192 g/mol. The smallest absolute Gasteiger partial charge is 0.0700 e. The summed E-state index contributed by atoms with van der Waals surface area (Å²) in [5.41, 5.74) is 0. The Bertz CT molecular complexity index is 150. The van der Waals surface area contributed by atoms with Gasteiger partial charge in [0.2, 0.25) is 0 Å². The van der Waals surface area contributed by atoms with E-state index in [4.69, 9.17) is 9.47 Å². The molecule has 1 rings (SSSR count). The quantitative estimate of drug-likeness (QED) is 0.576. The molecule has 2 atom stereocenters. The predicted octanol–water partition coefficient (Wildman–Crippen LogP) is 0.380. The molecule has 2 N–H and O–H groups in total. The first kappa shape index (κ1) is 12.9. The van der Waals surface area contributed by atoms with Gasteiger partial charge in [-0.15, -0.1) is 0 Å². The van der Waals surface area contributed by atoms with E-state index in [1.54, 1.807) is 7.11 Å². The van der Waals surface area contributed by atoms with Crippen molar-refractivity contribution < 1.29 is 9.47 Å². The summed E-state index contributed by atoms with van der Waals surface area (Å²) in [5.74, 6) is 0. The van der Waals surface area contributed by atoms with Gasteiger partial charge in [0.1, 0.15) is 0 Å². The number of rotatable bonds is 8. The standard InChI is InChI=1S/C11H24N2O2/c1-10(8-12-5-7-14-2)13-9-11-4-3-6-15-11/h10-13H,3-9H2,1-2H3/t10?,11-/m0/s1. The summed E-state index contributed by atoms with van der Waals surface area (Å²) in [4.78, 5) is 0. The molecule has 0 amide bonds. The first-order chi connectivity index (χ1) is 7.33. The van der Waals surface area contributed by atoms with Crippen LogP contribution < -0.4 is 10.6 Å². The van der Waals surface area contributed by atoms with Crippen LogP contribution in [0, 0.1) is 0 Å². The average Bonchev–Trinajstić information content (AvgIpc) is 2.74. The molecule has 0 aromatic rings. The molecule has 0 aliphatic carbocycles. The fourth-order valence-corrected chi connectivity index (χ4v) is 1.70. The summed E-state index contributed by atoms with van der Waals surface area (Å²) < 4.78 is 10.5. The Hall–Kier alpha value is -0.160. The topological polar surface area (TPSA) is 42.5 Å². The van der Waals surface area contributed by atoms with E-state index in [2.05, 4.69) is 17.6 Å². The van der Waals surface area contributed by atoms with Gasteiger partial charge < -0.3 is 20.1 Å². The van der Waals surface area contributed by atoms with Crippen molar-refractivity contribution in [1.82, 2.24) is 10.6 Å². The molecule has 1 saturated heterocycles. The van der Waals surface area contributed by atoms with Gasteiger partial charge in [-0.05, 0) is 19.8 Å². The third-order valence-corrected chi connectivity index (χ3v) is 2.65. The lowest BCUT2D eigenvalue weighted by molar-refractivity contribution is 0.108. The Balaban J connectivity index is 1.90. The molecule has 1 aliphatic rings. The lowest BCUT2D eigenvalue weighted by Gasteiger charge is -2.17. The number of ether oxygens (including phenoxy) is 2. The van der Waals surface area contributed by atoms with Gasteiger partial charge in [-0.2, -0.15) is 0 Å². The summed E-state index contributed by atoms with van der Waals surface area (Å²) in [5, 5.41) is 6.81. The van der Waals surface area contributed by atoms with Crippen molar-refractivity contribution in [3.63, 3.8) is 0 Å². The molecule has 4 heteroatoms. The van der Waals surface area contributed by atoms with E-state index >= 15 is 0 Å². The summed E-state index contributed by atoms with van der Waals surface area (Å²) in [6.45, 7) is 6.78. The number of hydrogen-bond acceptors (Lipinski definition) is 4. The molecule has 0 aromatic heterocycles. The zero-order valence-corrected chi connectivity index (χ0v) is 9.92. The highest BCUT2D eigenvalue weighted by Crippen LogP contribution is 2.10. The Morgan fingerprint density at radius 3 is 3.07 bits per heavy atom. The Kier molecular flexibility index (Phi) is 6.92. The van der Waals surface area contributed by atoms with Gasteiger partial charge in [0.25, 0.3) is 0 Å². The molecule has 1 unspecified atom stereocenters. The van der Waals surface area contributed by atoms with E-state index in [1.165, 1.54) is 12.8 Å². The molecule has 0 bridgehead atoms. The van der Waals surface area contributed by atoms with E-state index in [9.17, 15) is 0 Å². The maximum atomic E-state index is 5.54. The second-order valence-corrected chi connectivity index (χ2v) is 4.14. The van der Waals surface area contributed by atoms with Crippen LogP contribution in [0.15, 0.2) is 0 Å². The van der Waals surface area contributed by atoms with Crippen molar-refractivity contribution in [3.8, 4) is 0 Å². The molecule has 0 spiro atoms. The van der Waals surface area contributed by atoms with Crippen LogP contribution in [0.2, 0.25) is 0 Å². The van der Waals surface area contributed by atoms with Gasteiger partial charge >= 0.3 is 0 Å². The van der Waals surface area contributed by atoms with Crippen molar-refractivity contribution in [1.29, 1.82) is 0 Å². The van der Waals surface area contributed by atoms with Crippen LogP contribution in [0.4, 0.5) is 0 Å². The minimum atomic E-state index is 0.437. The fraction of sp³-hybridized carbons (Fsp3) is 1.00. The highest BCUT2D eigenvalue weighted by molar-refractivity contribution is 4.71. The van der Waals surface area contributed by atoms with Crippen LogP contribution in [0.5, 0.6) is 0 Å². The summed E-state index contributed by atoms with van der Waals surface area (Å²) in [7, 11) is 1.72. The van der Waals surface area contributed by atoms with E-state index < -0.39 is 0 Å². The van der Waals surface area contributed by atoms with Crippen LogP contribution in [-0.4, -0.2) is 52.1 Å². The first-order valence-corrected chi connectivity index (χ1v) is 5.87. The Labute approximate surface area is 92.7 Å². The maximum absolute atomic E-state index is 5.54. The monoisotopic (exact) mass is 216 g/mol. The lowest BCUT2D eigenvalue weighted by Crippen LogP contribution is -2.40. The van der Waals surface area contributed by atoms with Gasteiger partial charge in [0.15, 0.2) is 0 Å². The molecule has 15 heavy (non-hydrogen) atoms. The van der Waals surface area contributed by atoms with Gasteiger partial charge in [0, 0.05) is 39.4 Å². The summed E-state index contributed by atoms with van der Waals surface area (Å²) in [6, 6.07) is 0.492. The third-order valence-electron chi connectivity index (χ3n) is 2.65. The van der Waals surface area contributed by atoms with Gasteiger partial charge in [0.05, 0.1) is 12.7 Å². The van der Waals surface area contributed by atoms with Crippen LogP contribution in [-0.2, 0) is 9.47 Å². The maximum Gasteiger partial charge on any atom is 0.0700 e. The summed E-state index contributed by atoms with van der Waals surface area (Å²) >= 11 is 0. The predicted molar refractivity (Wildman–Crippen MR) is 61.2 cm³/mol. The third kappa shape index (κ3) is 6.10. The highest BCUT2D eigenvalue weighted by Gasteiger charge is 2.15. The van der Waals surface area contributed by atoms with Crippen LogP contribution >= 0.6 is 0 Å². The molecule has 0 saturated carbocycles. The SMILES string of the molecule is COCCNCC(C)NC[C@@H]1CCCO1. The van der Waals surface area contributed by atoms with Crippen molar-refractivity contribution >= 4 is 0 Å². The molecule has 0 radical (unpaired) electrons. The molecule has 90 valence electrons. The van der Waals surface area contributed by atoms with E-state index in [1.807, 2.05) is 0 Å². The fourth-order valence-electron chi connectivity index (χ4n) is 1.70. The average molecular weight is 216 g/mol. The molecular formula is C11H24N2O2. The van der Waals surface area contributed by atoms with Crippen molar-refractivity contribution in [2.24, 2.45) is 0 Å². The van der Waals surface area contributed by atoms with Crippen molar-refractivity contribution in [3.05, 3.63) is 0 Å². The highest BCUT2D eigenvalue weighted by atomic mass is 16.5. The summed E-state index contributed by atoms with van der Waals surface area (Å²) in [6.07, 6.45) is 2.86. The van der Waals surface area contributed by atoms with Crippen molar-refractivity contribution in [2.45, 2.75) is 31.9 Å². The van der Waals surface area contributed by atoms with E-state index in [-0.39, 0.29) is 0 Å². The van der Waals surface area contributed by atoms with Gasteiger partial charge in [-0.3, -0.25) is 0 Å². The number of nitrogens with one attached hydrogen (secondary N) is 2. The van der Waals surface area contributed by atoms with Gasteiger partial charge in [-0.25, -0.2) is 0 Å². The second kappa shape index (κ2) is 8.05. The second-order valence-electron chi connectivity index (χ2n) is 4.14. The van der Waals surface area contributed by atoms with E-state index in [0.717, 1.165) is 32.8 Å². The minimum Gasteiger partial charge on any atom is -0.383 e. The van der Waals surface area contributed by atoms with Crippen LogP contribution in [0.3, 0.4) is 0 Å². The molecule has 1 aliphatic heterocycles. The minimum absolute atomic E-state index is 0.437. The van der Waals surface area contributed by atoms with Gasteiger partial charge in [-0.1, -0.05) is 0 Å². The zero-order chi connectivity index (χ0) is 10.9. The Morgan fingerprint density at radius 1 is 1.53 bits per heavy atom. The Morgan fingerprint density at radius 2 is 2.40 bits per heavy atom. The zero-order valence-electron chi connectivity index (χ0n) is 9.92. The lowest BCUT2D eigenvalue weighted by atomic mass is 10.2. The number of hydrogen-bond donors (Lipinski definition) is 2. The normalized spacial score (nSPS) is 23.2. The van der Waals surface area contributed by atoms with E-state index in [0.29, 0.717) is 12.1 Å². The largest absolute Gasteiger partial charge is 0.383 e. The number of methoxy groups -OCH3 is 1. The van der Waals surface area contributed by atoms with Crippen molar-refractivity contribution in [2.75, 3.05) is 40.0 Å². The molecule has 4 nitrogen and oxygen atoms in total. The molecule has 0 aromatic carbocycles. The molecule has 1 fully saturated rings. The van der Waals surface area contributed by atoms with Crippen LogP contribution in [0.25, 0.3) is 0 Å². The first-order valence-electron chi connectivity index (χ1n) is 5.87. The van der Waals surface area contributed by atoms with Crippen LogP contribution in [0.1, 0.15) is 19.8 Å². The molecule has 1 heterocycles.